The van der Waals surface area contributed by atoms with Gasteiger partial charge in [0, 0.05) is 11.3 Å². The van der Waals surface area contributed by atoms with E-state index in [-0.39, 0.29) is 11.1 Å². The summed E-state index contributed by atoms with van der Waals surface area (Å²) in [5.41, 5.74) is 10.0. The Morgan fingerprint density at radius 3 is 1.76 bits per heavy atom. The number of benzene rings is 3. The highest BCUT2D eigenvalue weighted by molar-refractivity contribution is 5.92. The Balaban J connectivity index is 2.02. The fourth-order valence-corrected chi connectivity index (χ4v) is 2.66. The smallest absolute Gasteiger partial charge is 0.335 e. The van der Waals surface area contributed by atoms with Crippen LogP contribution in [0.4, 0.5) is 5.69 Å². The van der Waals surface area contributed by atoms with E-state index in [1.54, 1.807) is 42.5 Å². The van der Waals surface area contributed by atoms with Gasteiger partial charge in [-0.1, -0.05) is 36.4 Å². The number of carbonyl (C=O) groups is 2. The number of rotatable bonds is 4. The van der Waals surface area contributed by atoms with Crippen molar-refractivity contribution in [2.75, 3.05) is 5.73 Å². The molecule has 0 spiro atoms. The second-order valence-electron chi connectivity index (χ2n) is 5.57. The van der Waals surface area contributed by atoms with E-state index in [9.17, 15) is 9.59 Å². The van der Waals surface area contributed by atoms with Crippen molar-refractivity contribution in [2.24, 2.45) is 0 Å². The summed E-state index contributed by atoms with van der Waals surface area (Å²) < 4.78 is 0. The molecule has 4 N–H and O–H groups in total. The van der Waals surface area contributed by atoms with Gasteiger partial charge in [-0.3, -0.25) is 0 Å². The van der Waals surface area contributed by atoms with Gasteiger partial charge in [0.05, 0.1) is 11.1 Å². The Labute approximate surface area is 144 Å². The maximum atomic E-state index is 11.1. The molecule has 0 unspecified atom stereocenters. The van der Waals surface area contributed by atoms with Gasteiger partial charge in [0.25, 0.3) is 0 Å². The van der Waals surface area contributed by atoms with Crippen LogP contribution in [0.1, 0.15) is 20.7 Å². The predicted octanol–water partition coefficient (Wildman–Crippen LogP) is 4.00. The summed E-state index contributed by atoms with van der Waals surface area (Å²) >= 11 is 0. The van der Waals surface area contributed by atoms with Gasteiger partial charge in [0.1, 0.15) is 0 Å². The van der Waals surface area contributed by atoms with Gasteiger partial charge in [-0.25, -0.2) is 9.59 Å². The number of carboxylic acid groups (broad SMARTS) is 2. The van der Waals surface area contributed by atoms with E-state index in [1.165, 1.54) is 12.1 Å². The van der Waals surface area contributed by atoms with Crippen molar-refractivity contribution < 1.29 is 19.8 Å². The molecule has 0 aliphatic carbocycles. The number of nitrogens with two attached hydrogens (primary N) is 1. The average molecular weight is 333 g/mol. The quantitative estimate of drug-likeness (QED) is 0.627. The third-order valence-corrected chi connectivity index (χ3v) is 3.91. The third-order valence-electron chi connectivity index (χ3n) is 3.91. The summed E-state index contributed by atoms with van der Waals surface area (Å²) in [4.78, 5) is 22.2. The standard InChI is InChI=1S/C20H15NO4/c21-18-11-13(12-3-1-5-15(9-12)19(22)23)7-8-17(18)14-4-2-6-16(10-14)20(24)25/h1-11H,21H2,(H,22,23)(H,24,25). The highest BCUT2D eigenvalue weighted by Crippen LogP contribution is 2.31. The highest BCUT2D eigenvalue weighted by atomic mass is 16.4. The molecule has 0 heterocycles. The van der Waals surface area contributed by atoms with Crippen LogP contribution in [0.15, 0.2) is 66.7 Å². The number of hydrogen-bond acceptors (Lipinski definition) is 3. The van der Waals surface area contributed by atoms with E-state index in [1.807, 2.05) is 12.1 Å². The fraction of sp³-hybridized carbons (Fsp3) is 0. The van der Waals surface area contributed by atoms with Crippen LogP contribution in [0.5, 0.6) is 0 Å². The molecule has 3 aromatic carbocycles. The van der Waals surface area contributed by atoms with Crippen molar-refractivity contribution in [3.05, 3.63) is 77.9 Å². The first kappa shape index (κ1) is 16.3. The Kier molecular flexibility index (Phi) is 4.22. The zero-order valence-corrected chi connectivity index (χ0v) is 13.1. The summed E-state index contributed by atoms with van der Waals surface area (Å²) in [5, 5.41) is 18.2. The maximum absolute atomic E-state index is 11.1. The number of hydrogen-bond donors (Lipinski definition) is 3. The summed E-state index contributed by atoms with van der Waals surface area (Å²) in [5.74, 6) is -1.99. The SMILES string of the molecule is Nc1cc(-c2cccc(C(=O)O)c2)ccc1-c1cccc(C(=O)O)c1. The number of carboxylic acids is 2. The number of nitrogen functional groups attached to an aromatic ring is 1. The van der Waals surface area contributed by atoms with Gasteiger partial charge >= 0.3 is 11.9 Å². The van der Waals surface area contributed by atoms with Gasteiger partial charge in [-0.2, -0.15) is 0 Å². The lowest BCUT2D eigenvalue weighted by Gasteiger charge is -2.10. The number of aromatic carboxylic acids is 2. The molecule has 0 aliphatic rings. The monoisotopic (exact) mass is 333 g/mol. The molecule has 0 fully saturated rings. The van der Waals surface area contributed by atoms with Crippen molar-refractivity contribution in [1.29, 1.82) is 0 Å². The van der Waals surface area contributed by atoms with Crippen LogP contribution in [0.2, 0.25) is 0 Å². The first-order valence-electron chi connectivity index (χ1n) is 7.52. The lowest BCUT2D eigenvalue weighted by Crippen LogP contribution is -1.97. The minimum Gasteiger partial charge on any atom is -0.478 e. The van der Waals surface area contributed by atoms with Gasteiger partial charge < -0.3 is 15.9 Å². The second kappa shape index (κ2) is 6.49. The Morgan fingerprint density at radius 2 is 1.20 bits per heavy atom. The predicted molar refractivity (Wildman–Crippen MR) is 95.6 cm³/mol. The Bertz CT molecular complexity index is 979. The van der Waals surface area contributed by atoms with Crippen LogP contribution >= 0.6 is 0 Å². The molecular formula is C20H15NO4. The van der Waals surface area contributed by atoms with Crippen molar-refractivity contribution in [3.8, 4) is 22.3 Å². The summed E-state index contributed by atoms with van der Waals surface area (Å²) in [7, 11) is 0. The van der Waals surface area contributed by atoms with Crippen molar-refractivity contribution >= 4 is 17.6 Å². The van der Waals surface area contributed by atoms with Crippen LogP contribution in [-0.4, -0.2) is 22.2 Å². The largest absolute Gasteiger partial charge is 0.478 e. The van der Waals surface area contributed by atoms with Crippen LogP contribution in [0, 0.1) is 0 Å². The first-order valence-corrected chi connectivity index (χ1v) is 7.52. The van der Waals surface area contributed by atoms with Crippen LogP contribution < -0.4 is 5.73 Å². The van der Waals surface area contributed by atoms with E-state index < -0.39 is 11.9 Å². The normalized spacial score (nSPS) is 10.4. The average Bonchev–Trinajstić information content (AvgIpc) is 2.61. The van der Waals surface area contributed by atoms with Crippen molar-refractivity contribution in [1.82, 2.24) is 0 Å². The fourth-order valence-electron chi connectivity index (χ4n) is 2.66. The molecule has 25 heavy (non-hydrogen) atoms. The highest BCUT2D eigenvalue weighted by Gasteiger charge is 2.10. The maximum Gasteiger partial charge on any atom is 0.335 e. The lowest BCUT2D eigenvalue weighted by molar-refractivity contribution is 0.0686. The topological polar surface area (TPSA) is 101 Å². The molecule has 0 saturated carbocycles. The molecule has 124 valence electrons. The van der Waals surface area contributed by atoms with Gasteiger partial charge in [0.15, 0.2) is 0 Å². The van der Waals surface area contributed by atoms with Crippen molar-refractivity contribution in [2.45, 2.75) is 0 Å². The molecule has 5 nitrogen and oxygen atoms in total. The van der Waals surface area contributed by atoms with Crippen molar-refractivity contribution in [3.63, 3.8) is 0 Å². The summed E-state index contributed by atoms with van der Waals surface area (Å²) in [6, 6.07) is 18.6. The minimum atomic E-state index is -0.998. The zero-order valence-electron chi connectivity index (χ0n) is 13.1. The van der Waals surface area contributed by atoms with Crippen LogP contribution in [-0.2, 0) is 0 Å². The lowest BCUT2D eigenvalue weighted by atomic mass is 9.96. The molecule has 0 amide bonds. The van der Waals surface area contributed by atoms with E-state index in [0.717, 1.165) is 16.7 Å². The molecule has 0 atom stereocenters. The minimum absolute atomic E-state index is 0.190. The Hall–Kier alpha value is -3.60. The molecule has 0 saturated heterocycles. The third kappa shape index (κ3) is 3.35. The molecule has 5 heteroatoms. The first-order chi connectivity index (χ1) is 12.0. The molecule has 0 bridgehead atoms. The van der Waals surface area contributed by atoms with E-state index >= 15 is 0 Å². The zero-order chi connectivity index (χ0) is 18.0. The van der Waals surface area contributed by atoms with Gasteiger partial charge in [0.2, 0.25) is 0 Å². The van der Waals surface area contributed by atoms with E-state index in [4.69, 9.17) is 15.9 Å². The molecule has 0 aromatic heterocycles. The molecule has 3 aromatic rings. The molecule has 0 aliphatic heterocycles. The molecular weight excluding hydrogens is 318 g/mol. The summed E-state index contributed by atoms with van der Waals surface area (Å²) in [6.07, 6.45) is 0. The summed E-state index contributed by atoms with van der Waals surface area (Å²) in [6.45, 7) is 0. The van der Waals surface area contributed by atoms with Crippen LogP contribution in [0.25, 0.3) is 22.3 Å². The van der Waals surface area contributed by atoms with Gasteiger partial charge in [-0.15, -0.1) is 0 Å². The molecule has 0 radical (unpaired) electrons. The van der Waals surface area contributed by atoms with Crippen LogP contribution in [0.3, 0.4) is 0 Å². The van der Waals surface area contributed by atoms with E-state index in [0.29, 0.717) is 11.3 Å². The van der Waals surface area contributed by atoms with Gasteiger partial charge in [-0.05, 0) is 47.0 Å². The molecule has 3 rings (SSSR count). The van der Waals surface area contributed by atoms with E-state index in [2.05, 4.69) is 0 Å². The Morgan fingerprint density at radius 1 is 0.680 bits per heavy atom. The number of anilines is 1. The second-order valence-corrected chi connectivity index (χ2v) is 5.57.